The molecule has 3 rings (SSSR count). The first-order valence-electron chi connectivity index (χ1n) is 6.12. The van der Waals surface area contributed by atoms with E-state index in [1.54, 1.807) is 6.07 Å². The molecule has 1 aliphatic heterocycles. The highest BCUT2D eigenvalue weighted by Crippen LogP contribution is 2.40. The molecular formula is C13H15BrFNO. The van der Waals surface area contributed by atoms with Crippen LogP contribution >= 0.6 is 15.9 Å². The Bertz CT molecular complexity index is 434. The van der Waals surface area contributed by atoms with E-state index in [9.17, 15) is 4.39 Å². The van der Waals surface area contributed by atoms with E-state index in [2.05, 4.69) is 21.2 Å². The Kier molecular flexibility index (Phi) is 3.09. The summed E-state index contributed by atoms with van der Waals surface area (Å²) in [7, 11) is 0. The molecule has 2 nitrogen and oxygen atoms in total. The van der Waals surface area contributed by atoms with Crippen LogP contribution in [0.5, 0.6) is 5.75 Å². The highest BCUT2D eigenvalue weighted by atomic mass is 79.9. The minimum Gasteiger partial charge on any atom is -0.492 e. The lowest BCUT2D eigenvalue weighted by molar-refractivity contribution is 0.312. The van der Waals surface area contributed by atoms with Gasteiger partial charge in [0, 0.05) is 17.6 Å². The zero-order chi connectivity index (χ0) is 11.8. The fraction of sp³-hybridized carbons (Fsp3) is 0.538. The summed E-state index contributed by atoms with van der Waals surface area (Å²) in [6, 6.07) is 3.90. The first-order chi connectivity index (χ1) is 8.25. The molecular weight excluding hydrogens is 285 g/mol. The lowest BCUT2D eigenvalue weighted by Gasteiger charge is -2.19. The molecule has 0 amide bonds. The van der Waals surface area contributed by atoms with Gasteiger partial charge in [-0.3, -0.25) is 0 Å². The molecule has 0 aromatic heterocycles. The molecule has 1 aromatic carbocycles. The van der Waals surface area contributed by atoms with E-state index in [1.165, 1.54) is 18.9 Å². The largest absolute Gasteiger partial charge is 0.492 e. The van der Waals surface area contributed by atoms with Crippen LogP contribution in [-0.2, 0) is 0 Å². The maximum Gasteiger partial charge on any atom is 0.141 e. The van der Waals surface area contributed by atoms with Gasteiger partial charge < -0.3 is 10.1 Å². The second-order valence-electron chi connectivity index (χ2n) is 4.76. The van der Waals surface area contributed by atoms with E-state index in [0.717, 1.165) is 17.3 Å². The van der Waals surface area contributed by atoms with Crippen molar-refractivity contribution in [1.82, 2.24) is 5.32 Å². The first kappa shape index (κ1) is 11.5. The molecule has 1 heterocycles. The van der Waals surface area contributed by atoms with Gasteiger partial charge in [-0.2, -0.15) is 0 Å². The molecule has 0 bridgehead atoms. The number of nitrogens with one attached hydrogen (secondary N) is 1. The number of benzene rings is 1. The Morgan fingerprint density at radius 3 is 2.88 bits per heavy atom. The third-order valence-corrected chi connectivity index (χ3v) is 3.97. The van der Waals surface area contributed by atoms with Crippen LogP contribution in [0.4, 0.5) is 4.39 Å². The standard InChI is InChI=1S/C13H15BrFNO/c14-9-5-6-10(15)12-11(16-8-3-4-8)2-1-7-17-13(9)12/h5-6,8,11,16H,1-4,7H2. The smallest absolute Gasteiger partial charge is 0.141 e. The Labute approximate surface area is 109 Å². The van der Waals surface area contributed by atoms with E-state index < -0.39 is 0 Å². The molecule has 4 heteroatoms. The number of ether oxygens (including phenoxy) is 1. The van der Waals surface area contributed by atoms with Gasteiger partial charge >= 0.3 is 0 Å². The second-order valence-corrected chi connectivity index (χ2v) is 5.61. The summed E-state index contributed by atoms with van der Waals surface area (Å²) in [6.07, 6.45) is 4.33. The fourth-order valence-electron chi connectivity index (χ4n) is 2.33. The van der Waals surface area contributed by atoms with Crippen molar-refractivity contribution in [2.24, 2.45) is 0 Å². The van der Waals surface area contributed by atoms with Gasteiger partial charge in [-0.1, -0.05) is 0 Å². The van der Waals surface area contributed by atoms with E-state index in [0.29, 0.717) is 24.0 Å². The van der Waals surface area contributed by atoms with Gasteiger partial charge in [-0.15, -0.1) is 0 Å². The van der Waals surface area contributed by atoms with E-state index in [4.69, 9.17) is 4.74 Å². The topological polar surface area (TPSA) is 21.3 Å². The third kappa shape index (κ3) is 2.33. The normalized spacial score (nSPS) is 23.8. The molecule has 1 aliphatic carbocycles. The summed E-state index contributed by atoms with van der Waals surface area (Å²) in [5, 5.41) is 3.52. The van der Waals surface area contributed by atoms with Gasteiger partial charge in [0.1, 0.15) is 11.6 Å². The molecule has 1 unspecified atom stereocenters. The van der Waals surface area contributed by atoms with Crippen molar-refractivity contribution >= 4 is 15.9 Å². The SMILES string of the molecule is Fc1ccc(Br)c2c1C(NC1CC1)CCCO2. The molecule has 0 saturated heterocycles. The zero-order valence-corrected chi connectivity index (χ0v) is 11.1. The van der Waals surface area contributed by atoms with Crippen molar-refractivity contribution in [3.63, 3.8) is 0 Å². The van der Waals surface area contributed by atoms with Crippen LogP contribution in [0.25, 0.3) is 0 Å². The Morgan fingerprint density at radius 1 is 1.29 bits per heavy atom. The minimum atomic E-state index is -0.164. The second kappa shape index (κ2) is 4.58. The predicted molar refractivity (Wildman–Crippen MR) is 67.7 cm³/mol. The Hall–Kier alpha value is -0.610. The number of rotatable bonds is 2. The van der Waals surface area contributed by atoms with Crippen molar-refractivity contribution in [3.8, 4) is 5.75 Å². The molecule has 1 N–H and O–H groups in total. The quantitative estimate of drug-likeness (QED) is 0.902. The zero-order valence-electron chi connectivity index (χ0n) is 9.51. The van der Waals surface area contributed by atoms with Crippen LogP contribution in [0, 0.1) is 5.82 Å². The van der Waals surface area contributed by atoms with Gasteiger partial charge in [-0.05, 0) is 53.7 Å². The highest BCUT2D eigenvalue weighted by molar-refractivity contribution is 9.10. The maximum absolute atomic E-state index is 14.0. The molecule has 1 aromatic rings. The lowest BCUT2D eigenvalue weighted by Crippen LogP contribution is -2.24. The molecule has 2 aliphatic rings. The first-order valence-corrected chi connectivity index (χ1v) is 6.92. The number of hydrogen-bond donors (Lipinski definition) is 1. The van der Waals surface area contributed by atoms with Crippen molar-refractivity contribution in [2.75, 3.05) is 6.61 Å². The van der Waals surface area contributed by atoms with Crippen LogP contribution < -0.4 is 10.1 Å². The van der Waals surface area contributed by atoms with Crippen LogP contribution in [0.1, 0.15) is 37.3 Å². The average molecular weight is 300 g/mol. The molecule has 1 atom stereocenters. The van der Waals surface area contributed by atoms with E-state index >= 15 is 0 Å². The summed E-state index contributed by atoms with van der Waals surface area (Å²) in [5.41, 5.74) is 0.698. The molecule has 0 spiro atoms. The molecule has 1 fully saturated rings. The van der Waals surface area contributed by atoms with Crippen LogP contribution in [-0.4, -0.2) is 12.6 Å². The summed E-state index contributed by atoms with van der Waals surface area (Å²) in [6.45, 7) is 0.665. The number of fused-ring (bicyclic) bond motifs is 1. The minimum absolute atomic E-state index is 0.0949. The van der Waals surface area contributed by atoms with Crippen molar-refractivity contribution in [3.05, 3.63) is 28.0 Å². The summed E-state index contributed by atoms with van der Waals surface area (Å²) >= 11 is 3.44. The molecule has 1 saturated carbocycles. The maximum atomic E-state index is 14.0. The molecule has 17 heavy (non-hydrogen) atoms. The van der Waals surface area contributed by atoms with Crippen LogP contribution in [0.2, 0.25) is 0 Å². The van der Waals surface area contributed by atoms with Crippen LogP contribution in [0.3, 0.4) is 0 Å². The van der Waals surface area contributed by atoms with E-state index in [1.807, 2.05) is 0 Å². The number of halogens is 2. The van der Waals surface area contributed by atoms with Crippen molar-refractivity contribution in [2.45, 2.75) is 37.8 Å². The Morgan fingerprint density at radius 2 is 2.12 bits per heavy atom. The molecule has 92 valence electrons. The third-order valence-electron chi connectivity index (χ3n) is 3.34. The van der Waals surface area contributed by atoms with E-state index in [-0.39, 0.29) is 11.9 Å². The van der Waals surface area contributed by atoms with Gasteiger partial charge in [0.15, 0.2) is 0 Å². The molecule has 0 radical (unpaired) electrons. The Balaban J connectivity index is 1.99. The van der Waals surface area contributed by atoms with Gasteiger partial charge in [-0.25, -0.2) is 4.39 Å². The summed E-state index contributed by atoms with van der Waals surface area (Å²) in [4.78, 5) is 0. The van der Waals surface area contributed by atoms with Gasteiger partial charge in [0.05, 0.1) is 11.1 Å². The lowest BCUT2D eigenvalue weighted by atomic mass is 10.0. The van der Waals surface area contributed by atoms with Gasteiger partial charge in [0.2, 0.25) is 0 Å². The highest BCUT2D eigenvalue weighted by Gasteiger charge is 2.30. The summed E-state index contributed by atoms with van der Waals surface area (Å²) in [5.74, 6) is 0.518. The monoisotopic (exact) mass is 299 g/mol. The average Bonchev–Trinajstić information content (AvgIpc) is 3.12. The van der Waals surface area contributed by atoms with Crippen molar-refractivity contribution in [1.29, 1.82) is 0 Å². The fourth-order valence-corrected chi connectivity index (χ4v) is 2.79. The van der Waals surface area contributed by atoms with Crippen LogP contribution in [0.15, 0.2) is 16.6 Å². The van der Waals surface area contributed by atoms with Crippen molar-refractivity contribution < 1.29 is 9.13 Å². The predicted octanol–water partition coefficient (Wildman–Crippen LogP) is 3.55. The van der Waals surface area contributed by atoms with Gasteiger partial charge in [0.25, 0.3) is 0 Å². The number of hydrogen-bond acceptors (Lipinski definition) is 2. The summed E-state index contributed by atoms with van der Waals surface area (Å²) < 4.78 is 20.5.